The highest BCUT2D eigenvalue weighted by Gasteiger charge is 2.30. The van der Waals surface area contributed by atoms with Crippen molar-refractivity contribution in [1.29, 1.82) is 0 Å². The van der Waals surface area contributed by atoms with Crippen molar-refractivity contribution in [1.82, 2.24) is 10.2 Å². The minimum absolute atomic E-state index is 0. The van der Waals surface area contributed by atoms with Gasteiger partial charge in [-0.05, 0) is 24.1 Å². The minimum atomic E-state index is -4.26. The summed E-state index contributed by atoms with van der Waals surface area (Å²) in [6.07, 6.45) is -1.06. The zero-order chi connectivity index (χ0) is 15.3. The summed E-state index contributed by atoms with van der Waals surface area (Å²) < 4.78 is 38.0. The first-order chi connectivity index (χ1) is 10.0. The number of hydrogen-bond donors (Lipinski definition) is 1. The number of unbranched alkanes of at least 4 members (excludes halogenated alkanes) is 1. The molecular formula is C16H24ClF3N2. The second-order valence-electron chi connectivity index (χ2n) is 5.56. The maximum absolute atomic E-state index is 12.7. The van der Waals surface area contributed by atoms with Crippen molar-refractivity contribution in [3.8, 4) is 0 Å². The maximum Gasteiger partial charge on any atom is 0.416 e. The number of piperazine rings is 1. The van der Waals surface area contributed by atoms with Crippen LogP contribution in [0.4, 0.5) is 13.2 Å². The van der Waals surface area contributed by atoms with Gasteiger partial charge in [0, 0.05) is 32.2 Å². The molecule has 22 heavy (non-hydrogen) atoms. The normalized spacial score (nSPS) is 17.8. The van der Waals surface area contributed by atoms with E-state index in [0.717, 1.165) is 51.0 Å². The summed E-state index contributed by atoms with van der Waals surface area (Å²) in [7, 11) is 0. The van der Waals surface area contributed by atoms with Gasteiger partial charge in [0.1, 0.15) is 0 Å². The third-order valence-electron chi connectivity index (χ3n) is 4.05. The zero-order valence-corrected chi connectivity index (χ0v) is 13.6. The Labute approximate surface area is 136 Å². The van der Waals surface area contributed by atoms with Gasteiger partial charge in [0.25, 0.3) is 0 Å². The van der Waals surface area contributed by atoms with Crippen molar-refractivity contribution in [2.75, 3.05) is 26.2 Å². The lowest BCUT2D eigenvalue weighted by atomic mass is 9.97. The van der Waals surface area contributed by atoms with Crippen LogP contribution in [-0.2, 0) is 6.18 Å². The van der Waals surface area contributed by atoms with Gasteiger partial charge < -0.3 is 5.32 Å². The molecule has 0 saturated carbocycles. The predicted octanol–water partition coefficient (Wildman–Crippen LogP) is 4.26. The first-order valence-electron chi connectivity index (χ1n) is 7.64. The molecule has 6 heteroatoms. The first-order valence-corrected chi connectivity index (χ1v) is 7.64. The Morgan fingerprint density at radius 3 is 2.23 bits per heavy atom. The van der Waals surface area contributed by atoms with E-state index >= 15 is 0 Å². The summed E-state index contributed by atoms with van der Waals surface area (Å²) in [5, 5.41) is 3.32. The van der Waals surface area contributed by atoms with Gasteiger partial charge >= 0.3 is 6.18 Å². The number of benzene rings is 1. The summed E-state index contributed by atoms with van der Waals surface area (Å²) in [4.78, 5) is 2.38. The smallest absolute Gasteiger partial charge is 0.314 e. The van der Waals surface area contributed by atoms with Crippen LogP contribution in [0.5, 0.6) is 0 Å². The standard InChI is InChI=1S/C16H23F3N2.ClH/c1-2-3-4-15(21-11-9-20-10-12-21)13-5-7-14(8-6-13)16(17,18)19;/h5-8,15,20H,2-4,9-12H2,1H3;1H/t15-;/m0./s1. The molecule has 0 bridgehead atoms. The minimum Gasteiger partial charge on any atom is -0.314 e. The van der Waals surface area contributed by atoms with Gasteiger partial charge in [0.15, 0.2) is 0 Å². The molecule has 1 fully saturated rings. The van der Waals surface area contributed by atoms with Crippen molar-refractivity contribution in [2.45, 2.75) is 38.4 Å². The van der Waals surface area contributed by atoms with Gasteiger partial charge in [-0.3, -0.25) is 4.90 Å². The maximum atomic E-state index is 12.7. The van der Waals surface area contributed by atoms with E-state index < -0.39 is 11.7 Å². The van der Waals surface area contributed by atoms with Crippen molar-refractivity contribution >= 4 is 12.4 Å². The molecule has 0 aliphatic carbocycles. The van der Waals surface area contributed by atoms with Crippen LogP contribution in [0.2, 0.25) is 0 Å². The molecule has 126 valence electrons. The van der Waals surface area contributed by atoms with E-state index in [1.54, 1.807) is 12.1 Å². The molecule has 1 aliphatic rings. The molecule has 1 heterocycles. The summed E-state index contributed by atoms with van der Waals surface area (Å²) >= 11 is 0. The average Bonchev–Trinajstić information content (AvgIpc) is 2.48. The Morgan fingerprint density at radius 1 is 1.14 bits per heavy atom. The summed E-state index contributed by atoms with van der Waals surface area (Å²) in [6, 6.07) is 5.93. The topological polar surface area (TPSA) is 15.3 Å². The van der Waals surface area contributed by atoms with E-state index in [-0.39, 0.29) is 18.4 Å². The van der Waals surface area contributed by atoms with E-state index in [9.17, 15) is 13.2 Å². The predicted molar refractivity (Wildman–Crippen MR) is 85.4 cm³/mol. The molecule has 0 radical (unpaired) electrons. The lowest BCUT2D eigenvalue weighted by molar-refractivity contribution is -0.137. The zero-order valence-electron chi connectivity index (χ0n) is 12.8. The van der Waals surface area contributed by atoms with Gasteiger partial charge in [-0.1, -0.05) is 31.9 Å². The van der Waals surface area contributed by atoms with Crippen LogP contribution >= 0.6 is 12.4 Å². The third kappa shape index (κ3) is 5.14. The Bertz CT molecular complexity index is 428. The number of nitrogens with zero attached hydrogens (tertiary/aromatic N) is 1. The molecule has 1 saturated heterocycles. The Balaban J connectivity index is 0.00000242. The fraction of sp³-hybridized carbons (Fsp3) is 0.625. The molecule has 0 aromatic heterocycles. The fourth-order valence-corrected chi connectivity index (χ4v) is 2.85. The molecule has 2 nitrogen and oxygen atoms in total. The van der Waals surface area contributed by atoms with Crippen LogP contribution in [0.3, 0.4) is 0 Å². The SMILES string of the molecule is CCCC[C@@H](c1ccc(C(F)(F)F)cc1)N1CCNCC1.Cl. The van der Waals surface area contributed by atoms with Crippen LogP contribution in [-0.4, -0.2) is 31.1 Å². The molecule has 1 aliphatic heterocycles. The average molecular weight is 337 g/mol. The molecule has 1 aromatic carbocycles. The lowest BCUT2D eigenvalue weighted by Gasteiger charge is -2.35. The van der Waals surface area contributed by atoms with Gasteiger partial charge in [0.05, 0.1) is 5.56 Å². The largest absolute Gasteiger partial charge is 0.416 e. The monoisotopic (exact) mass is 336 g/mol. The molecule has 0 amide bonds. The van der Waals surface area contributed by atoms with E-state index in [2.05, 4.69) is 17.1 Å². The van der Waals surface area contributed by atoms with Crippen LogP contribution in [0, 0.1) is 0 Å². The lowest BCUT2D eigenvalue weighted by Crippen LogP contribution is -2.45. The van der Waals surface area contributed by atoms with Gasteiger partial charge in [-0.25, -0.2) is 0 Å². The van der Waals surface area contributed by atoms with E-state index in [0.29, 0.717) is 0 Å². The number of halogens is 4. The van der Waals surface area contributed by atoms with Crippen LogP contribution in [0.1, 0.15) is 43.4 Å². The van der Waals surface area contributed by atoms with Crippen LogP contribution in [0.25, 0.3) is 0 Å². The summed E-state index contributed by atoms with van der Waals surface area (Å²) in [6.45, 7) is 5.94. The fourth-order valence-electron chi connectivity index (χ4n) is 2.85. The summed E-state index contributed by atoms with van der Waals surface area (Å²) in [5.74, 6) is 0. The number of rotatable bonds is 5. The quantitative estimate of drug-likeness (QED) is 0.864. The highest BCUT2D eigenvalue weighted by atomic mass is 35.5. The van der Waals surface area contributed by atoms with Crippen molar-refractivity contribution < 1.29 is 13.2 Å². The van der Waals surface area contributed by atoms with E-state index in [4.69, 9.17) is 0 Å². The molecular weight excluding hydrogens is 313 g/mol. The van der Waals surface area contributed by atoms with Crippen molar-refractivity contribution in [3.05, 3.63) is 35.4 Å². The molecule has 1 atom stereocenters. The van der Waals surface area contributed by atoms with E-state index in [1.165, 1.54) is 12.1 Å². The molecule has 1 N–H and O–H groups in total. The van der Waals surface area contributed by atoms with Crippen molar-refractivity contribution in [2.24, 2.45) is 0 Å². The first kappa shape index (κ1) is 19.3. The van der Waals surface area contributed by atoms with Crippen LogP contribution < -0.4 is 5.32 Å². The van der Waals surface area contributed by atoms with Crippen molar-refractivity contribution in [3.63, 3.8) is 0 Å². The van der Waals surface area contributed by atoms with Gasteiger partial charge in [0.2, 0.25) is 0 Å². The third-order valence-corrected chi connectivity index (χ3v) is 4.05. The summed E-state index contributed by atoms with van der Waals surface area (Å²) in [5.41, 5.74) is 0.430. The van der Waals surface area contributed by atoms with Gasteiger partial charge in [-0.2, -0.15) is 13.2 Å². The van der Waals surface area contributed by atoms with E-state index in [1.807, 2.05) is 0 Å². The second-order valence-corrected chi connectivity index (χ2v) is 5.56. The molecule has 1 aromatic rings. The molecule has 0 spiro atoms. The highest BCUT2D eigenvalue weighted by Crippen LogP contribution is 2.32. The number of nitrogens with one attached hydrogen (secondary N) is 1. The highest BCUT2D eigenvalue weighted by molar-refractivity contribution is 5.85. The Hall–Kier alpha value is -0.780. The number of hydrogen-bond acceptors (Lipinski definition) is 2. The Morgan fingerprint density at radius 2 is 1.73 bits per heavy atom. The molecule has 2 rings (SSSR count). The molecule has 0 unspecified atom stereocenters. The number of alkyl halides is 3. The Kier molecular flexibility index (Phi) is 7.66. The second kappa shape index (κ2) is 8.75. The van der Waals surface area contributed by atoms with Crippen LogP contribution in [0.15, 0.2) is 24.3 Å². The van der Waals surface area contributed by atoms with Gasteiger partial charge in [-0.15, -0.1) is 12.4 Å².